The highest BCUT2D eigenvalue weighted by atomic mass is 15.3. The van der Waals surface area contributed by atoms with E-state index in [1.807, 2.05) is 13.1 Å². The van der Waals surface area contributed by atoms with Crippen LogP contribution in [0.4, 0.5) is 11.5 Å². The van der Waals surface area contributed by atoms with Crippen molar-refractivity contribution < 1.29 is 0 Å². The van der Waals surface area contributed by atoms with Crippen molar-refractivity contribution in [1.82, 2.24) is 14.7 Å². The summed E-state index contributed by atoms with van der Waals surface area (Å²) in [6.07, 6.45) is 0. The van der Waals surface area contributed by atoms with Crippen LogP contribution in [0.25, 0.3) is 11.3 Å². The van der Waals surface area contributed by atoms with Crippen molar-refractivity contribution in [2.45, 2.75) is 19.9 Å². The number of para-hydroxylation sites is 1. The quantitative estimate of drug-likeness (QED) is 0.944. The number of benzene rings is 1. The Hall–Kier alpha value is -2.01. The maximum atomic E-state index is 5.94. The van der Waals surface area contributed by atoms with Crippen LogP contribution in [0, 0.1) is 0 Å². The van der Waals surface area contributed by atoms with Gasteiger partial charge in [0.1, 0.15) is 5.82 Å². The van der Waals surface area contributed by atoms with Crippen molar-refractivity contribution >= 4 is 11.5 Å². The molecule has 5 heteroatoms. The summed E-state index contributed by atoms with van der Waals surface area (Å²) >= 11 is 0. The van der Waals surface area contributed by atoms with Crippen LogP contribution in [0.3, 0.4) is 0 Å². The second-order valence-corrected chi connectivity index (χ2v) is 6.21. The van der Waals surface area contributed by atoms with Crippen LogP contribution in [0.15, 0.2) is 30.3 Å². The third kappa shape index (κ3) is 2.81. The summed E-state index contributed by atoms with van der Waals surface area (Å²) in [5, 5.41) is 4.53. The monoisotopic (exact) mass is 299 g/mol. The van der Waals surface area contributed by atoms with Crippen LogP contribution in [0.5, 0.6) is 0 Å². The summed E-state index contributed by atoms with van der Waals surface area (Å²) < 4.78 is 1.73. The van der Waals surface area contributed by atoms with Crippen LogP contribution in [0.1, 0.15) is 13.8 Å². The van der Waals surface area contributed by atoms with Gasteiger partial charge in [-0.1, -0.05) is 18.2 Å². The Morgan fingerprint density at radius 1 is 1.09 bits per heavy atom. The number of aryl methyl sites for hydroxylation is 1. The second-order valence-electron chi connectivity index (χ2n) is 6.21. The van der Waals surface area contributed by atoms with Gasteiger partial charge in [0.2, 0.25) is 0 Å². The fraction of sp³-hybridized carbons (Fsp3) is 0.471. The molecule has 2 aromatic rings. The summed E-state index contributed by atoms with van der Waals surface area (Å²) in [6.45, 7) is 8.85. The van der Waals surface area contributed by atoms with E-state index >= 15 is 0 Å². The summed E-state index contributed by atoms with van der Waals surface area (Å²) in [4.78, 5) is 4.98. The molecule has 2 heterocycles. The molecule has 0 unspecified atom stereocenters. The number of hydrogen-bond donors (Lipinski definition) is 1. The van der Waals surface area contributed by atoms with Crippen molar-refractivity contribution in [2.75, 3.05) is 36.8 Å². The average Bonchev–Trinajstić information content (AvgIpc) is 2.87. The number of nitrogen functional groups attached to an aromatic ring is 1. The van der Waals surface area contributed by atoms with Gasteiger partial charge in [0.05, 0.1) is 5.69 Å². The van der Waals surface area contributed by atoms with E-state index in [0.717, 1.165) is 37.4 Å². The maximum Gasteiger partial charge on any atom is 0.121 e. The Kier molecular flexibility index (Phi) is 4.07. The standard InChI is InChI=1S/C17H25N5/c1-13(2)21-8-10-22(11-9-21)16-7-5-4-6-14(16)15-12-17(18)20(3)19-15/h4-7,12-13H,8-11,18H2,1-3H3. The van der Waals surface area contributed by atoms with E-state index in [1.54, 1.807) is 4.68 Å². The van der Waals surface area contributed by atoms with Crippen molar-refractivity contribution in [3.8, 4) is 11.3 Å². The second kappa shape index (κ2) is 6.01. The molecule has 1 aliphatic rings. The lowest BCUT2D eigenvalue weighted by Crippen LogP contribution is -2.49. The number of aromatic nitrogens is 2. The van der Waals surface area contributed by atoms with Crippen LogP contribution >= 0.6 is 0 Å². The zero-order chi connectivity index (χ0) is 15.7. The Morgan fingerprint density at radius 3 is 2.36 bits per heavy atom. The molecule has 0 bridgehead atoms. The molecule has 0 radical (unpaired) electrons. The molecular weight excluding hydrogens is 274 g/mol. The van der Waals surface area contributed by atoms with Gasteiger partial charge in [-0.2, -0.15) is 5.10 Å². The zero-order valence-corrected chi connectivity index (χ0v) is 13.7. The first-order valence-electron chi connectivity index (χ1n) is 7.94. The molecule has 5 nitrogen and oxygen atoms in total. The van der Waals surface area contributed by atoms with Crippen molar-refractivity contribution in [2.24, 2.45) is 7.05 Å². The highest BCUT2D eigenvalue weighted by Crippen LogP contribution is 2.31. The van der Waals surface area contributed by atoms with Crippen molar-refractivity contribution in [3.05, 3.63) is 30.3 Å². The van der Waals surface area contributed by atoms with Gasteiger partial charge in [0.25, 0.3) is 0 Å². The molecule has 1 saturated heterocycles. The highest BCUT2D eigenvalue weighted by molar-refractivity contribution is 5.77. The molecule has 0 aliphatic carbocycles. The lowest BCUT2D eigenvalue weighted by atomic mass is 10.1. The van der Waals surface area contributed by atoms with Crippen molar-refractivity contribution in [1.29, 1.82) is 0 Å². The van der Waals surface area contributed by atoms with E-state index in [2.05, 4.69) is 53.0 Å². The van der Waals surface area contributed by atoms with Crippen LogP contribution < -0.4 is 10.6 Å². The smallest absolute Gasteiger partial charge is 0.121 e. The van der Waals surface area contributed by atoms with Gasteiger partial charge in [-0.15, -0.1) is 0 Å². The molecule has 0 saturated carbocycles. The van der Waals surface area contributed by atoms with E-state index in [4.69, 9.17) is 5.73 Å². The van der Waals surface area contributed by atoms with Crippen molar-refractivity contribution in [3.63, 3.8) is 0 Å². The number of nitrogens with two attached hydrogens (primary N) is 1. The number of anilines is 2. The molecule has 0 atom stereocenters. The van der Waals surface area contributed by atoms with E-state index in [-0.39, 0.29) is 0 Å². The Balaban J connectivity index is 1.86. The minimum atomic E-state index is 0.619. The van der Waals surface area contributed by atoms with E-state index in [1.165, 1.54) is 5.69 Å². The Bertz CT molecular complexity index is 619. The Labute approximate surface area is 132 Å². The third-order valence-electron chi connectivity index (χ3n) is 4.48. The minimum absolute atomic E-state index is 0.619. The van der Waals surface area contributed by atoms with Gasteiger partial charge in [0, 0.05) is 56.6 Å². The topological polar surface area (TPSA) is 50.3 Å². The predicted molar refractivity (Wildman–Crippen MR) is 92.0 cm³/mol. The normalized spacial score (nSPS) is 16.5. The van der Waals surface area contributed by atoms with Gasteiger partial charge >= 0.3 is 0 Å². The van der Waals surface area contributed by atoms with Gasteiger partial charge in [0.15, 0.2) is 0 Å². The van der Waals surface area contributed by atoms with E-state index in [0.29, 0.717) is 11.9 Å². The molecule has 1 aliphatic heterocycles. The largest absolute Gasteiger partial charge is 0.384 e. The number of hydrogen-bond acceptors (Lipinski definition) is 4. The number of rotatable bonds is 3. The SMILES string of the molecule is CC(C)N1CCN(c2ccccc2-c2cc(N)n(C)n2)CC1. The first kappa shape index (κ1) is 14.9. The predicted octanol–water partition coefficient (Wildman–Crippen LogP) is 2.20. The molecule has 0 amide bonds. The number of piperazine rings is 1. The summed E-state index contributed by atoms with van der Waals surface area (Å²) in [6, 6.07) is 11.0. The van der Waals surface area contributed by atoms with Gasteiger partial charge in [-0.3, -0.25) is 9.58 Å². The summed E-state index contributed by atoms with van der Waals surface area (Å²) in [5.74, 6) is 0.689. The summed E-state index contributed by atoms with van der Waals surface area (Å²) in [5.41, 5.74) is 9.30. The first-order chi connectivity index (χ1) is 10.6. The van der Waals surface area contributed by atoms with Crippen LogP contribution in [-0.2, 0) is 7.05 Å². The molecule has 22 heavy (non-hydrogen) atoms. The average molecular weight is 299 g/mol. The van der Waals surface area contributed by atoms with Crippen LogP contribution in [-0.4, -0.2) is 46.9 Å². The third-order valence-corrected chi connectivity index (χ3v) is 4.48. The minimum Gasteiger partial charge on any atom is -0.384 e. The van der Waals surface area contributed by atoms with Gasteiger partial charge in [-0.25, -0.2) is 0 Å². The molecule has 2 N–H and O–H groups in total. The molecular formula is C17H25N5. The van der Waals surface area contributed by atoms with E-state index in [9.17, 15) is 0 Å². The fourth-order valence-electron chi connectivity index (χ4n) is 3.06. The van der Waals surface area contributed by atoms with Gasteiger partial charge in [-0.05, 0) is 19.9 Å². The molecule has 1 aromatic carbocycles. The lowest BCUT2D eigenvalue weighted by Gasteiger charge is -2.38. The maximum absolute atomic E-state index is 5.94. The van der Waals surface area contributed by atoms with Crippen LogP contribution in [0.2, 0.25) is 0 Å². The highest BCUT2D eigenvalue weighted by Gasteiger charge is 2.21. The fourth-order valence-corrected chi connectivity index (χ4v) is 3.06. The van der Waals surface area contributed by atoms with E-state index < -0.39 is 0 Å². The first-order valence-corrected chi connectivity index (χ1v) is 7.94. The zero-order valence-electron chi connectivity index (χ0n) is 13.7. The molecule has 118 valence electrons. The molecule has 1 fully saturated rings. The molecule has 3 rings (SSSR count). The lowest BCUT2D eigenvalue weighted by molar-refractivity contribution is 0.209. The summed E-state index contributed by atoms with van der Waals surface area (Å²) in [7, 11) is 1.88. The molecule has 0 spiro atoms. The van der Waals surface area contributed by atoms with Gasteiger partial charge < -0.3 is 10.6 Å². The number of nitrogens with zero attached hydrogens (tertiary/aromatic N) is 4. The molecule has 1 aromatic heterocycles. The Morgan fingerprint density at radius 2 is 1.77 bits per heavy atom.